The van der Waals surface area contributed by atoms with Crippen molar-refractivity contribution in [3.63, 3.8) is 0 Å². The Morgan fingerprint density at radius 1 is 1.50 bits per heavy atom. The zero-order chi connectivity index (χ0) is 8.15. The van der Waals surface area contributed by atoms with Crippen LogP contribution < -0.4 is 0 Å². The molecule has 0 fully saturated rings. The van der Waals surface area contributed by atoms with Gasteiger partial charge >= 0.3 is 71.8 Å². The Morgan fingerprint density at radius 3 is 2.30 bits per heavy atom. The van der Waals surface area contributed by atoms with Crippen molar-refractivity contribution in [3.8, 4) is 0 Å². The van der Waals surface area contributed by atoms with Gasteiger partial charge < -0.3 is 0 Å². The summed E-state index contributed by atoms with van der Waals surface area (Å²) in [5.41, 5.74) is 1.10. The number of rotatable bonds is 3. The predicted octanol–water partition coefficient (Wildman–Crippen LogP) is 1.73. The van der Waals surface area contributed by atoms with E-state index in [4.69, 9.17) is 2.85 Å². The SMILES string of the molecule is CN=C(C)C(C)[O][In]([CH3])[CH3]. The minimum absolute atomic E-state index is 0.251. The molecular formula is C7H16InNO. The van der Waals surface area contributed by atoms with E-state index in [1.807, 2.05) is 14.0 Å². The number of aliphatic imine (C=N–C) groups is 1. The van der Waals surface area contributed by atoms with Crippen LogP contribution in [0.4, 0.5) is 0 Å². The molecule has 58 valence electrons. The molecule has 0 spiro atoms. The van der Waals surface area contributed by atoms with E-state index in [1.54, 1.807) is 0 Å². The summed E-state index contributed by atoms with van der Waals surface area (Å²) in [6, 6.07) is 0. The van der Waals surface area contributed by atoms with E-state index in [-0.39, 0.29) is 6.10 Å². The molecule has 0 heterocycles. The van der Waals surface area contributed by atoms with Crippen LogP contribution in [-0.4, -0.2) is 40.7 Å². The van der Waals surface area contributed by atoms with Crippen LogP contribution in [0.2, 0.25) is 9.36 Å². The van der Waals surface area contributed by atoms with Gasteiger partial charge in [0, 0.05) is 0 Å². The third kappa shape index (κ3) is 4.34. The first-order chi connectivity index (χ1) is 4.57. The van der Waals surface area contributed by atoms with Crippen molar-refractivity contribution in [1.29, 1.82) is 0 Å². The Labute approximate surface area is 71.8 Å². The summed E-state index contributed by atoms with van der Waals surface area (Å²) in [5.74, 6) is 0. The van der Waals surface area contributed by atoms with Crippen LogP contribution in [-0.2, 0) is 2.85 Å². The quantitative estimate of drug-likeness (QED) is 0.694. The van der Waals surface area contributed by atoms with Gasteiger partial charge in [-0.2, -0.15) is 0 Å². The predicted molar refractivity (Wildman–Crippen MR) is 47.1 cm³/mol. The molecule has 0 bridgehead atoms. The molecule has 0 rings (SSSR count). The van der Waals surface area contributed by atoms with E-state index in [0.29, 0.717) is 0 Å². The van der Waals surface area contributed by atoms with Gasteiger partial charge in [0.25, 0.3) is 0 Å². The normalized spacial score (nSPS) is 15.1. The fraction of sp³-hybridized carbons (Fsp3) is 0.857. The van der Waals surface area contributed by atoms with E-state index < -0.39 is 21.9 Å². The Morgan fingerprint density at radius 2 is 2.00 bits per heavy atom. The van der Waals surface area contributed by atoms with Crippen LogP contribution in [0.25, 0.3) is 0 Å². The molecule has 0 amide bonds. The summed E-state index contributed by atoms with van der Waals surface area (Å²) < 4.78 is 10.2. The third-order valence-corrected chi connectivity index (χ3v) is 4.14. The molecule has 0 saturated carbocycles. The maximum absolute atomic E-state index is 5.68. The zero-order valence-electron chi connectivity index (χ0n) is 7.51. The van der Waals surface area contributed by atoms with Crippen LogP contribution in [0.5, 0.6) is 0 Å². The second kappa shape index (κ2) is 5.19. The molecule has 0 aliphatic carbocycles. The molecule has 0 radical (unpaired) electrons. The van der Waals surface area contributed by atoms with Gasteiger partial charge in [-0.15, -0.1) is 0 Å². The van der Waals surface area contributed by atoms with Crippen LogP contribution in [0.15, 0.2) is 4.99 Å². The minimum atomic E-state index is -1.47. The summed E-state index contributed by atoms with van der Waals surface area (Å²) in [6.45, 7) is 4.08. The summed E-state index contributed by atoms with van der Waals surface area (Å²) >= 11 is -1.47. The molecule has 1 atom stereocenters. The van der Waals surface area contributed by atoms with Crippen molar-refractivity contribution in [2.45, 2.75) is 29.3 Å². The van der Waals surface area contributed by atoms with Gasteiger partial charge in [-0.05, 0) is 0 Å². The van der Waals surface area contributed by atoms with Gasteiger partial charge in [-0.25, -0.2) is 0 Å². The topological polar surface area (TPSA) is 21.6 Å². The van der Waals surface area contributed by atoms with E-state index in [1.165, 1.54) is 0 Å². The Kier molecular flexibility index (Phi) is 5.45. The van der Waals surface area contributed by atoms with Crippen molar-refractivity contribution < 1.29 is 2.85 Å². The van der Waals surface area contributed by atoms with E-state index in [9.17, 15) is 0 Å². The molecule has 0 aromatic heterocycles. The van der Waals surface area contributed by atoms with Crippen LogP contribution in [0.1, 0.15) is 13.8 Å². The third-order valence-electron chi connectivity index (χ3n) is 1.42. The van der Waals surface area contributed by atoms with Crippen molar-refractivity contribution in [2.75, 3.05) is 7.05 Å². The molecule has 3 heteroatoms. The van der Waals surface area contributed by atoms with Crippen molar-refractivity contribution in [3.05, 3.63) is 0 Å². The first-order valence-corrected chi connectivity index (χ1v) is 11.6. The summed E-state index contributed by atoms with van der Waals surface area (Å²) in [5, 5.41) is 0. The molecule has 0 saturated heterocycles. The van der Waals surface area contributed by atoms with Crippen molar-refractivity contribution in [1.82, 2.24) is 0 Å². The van der Waals surface area contributed by atoms with Gasteiger partial charge in [0.2, 0.25) is 0 Å². The summed E-state index contributed by atoms with van der Waals surface area (Å²) in [7, 11) is 1.81. The van der Waals surface area contributed by atoms with Gasteiger partial charge in [0.05, 0.1) is 0 Å². The first kappa shape index (κ1) is 10.5. The molecule has 0 aliphatic heterocycles. The molecule has 0 aliphatic rings. The molecule has 0 aromatic rings. The Balaban J connectivity index is 3.73. The van der Waals surface area contributed by atoms with Crippen LogP contribution in [0, 0.1) is 0 Å². The monoisotopic (exact) mass is 245 g/mol. The van der Waals surface area contributed by atoms with Crippen LogP contribution in [0.3, 0.4) is 0 Å². The molecule has 0 N–H and O–H groups in total. The van der Waals surface area contributed by atoms with Crippen molar-refractivity contribution in [2.24, 2.45) is 4.99 Å². The van der Waals surface area contributed by atoms with Gasteiger partial charge in [-0.3, -0.25) is 0 Å². The van der Waals surface area contributed by atoms with E-state index in [2.05, 4.69) is 21.3 Å². The molecule has 1 unspecified atom stereocenters. The molecule has 10 heavy (non-hydrogen) atoms. The first-order valence-electron chi connectivity index (χ1n) is 3.66. The van der Waals surface area contributed by atoms with Crippen LogP contribution >= 0.6 is 0 Å². The Hall–Kier alpha value is 0.500. The van der Waals surface area contributed by atoms with Gasteiger partial charge in [-0.1, -0.05) is 0 Å². The average molecular weight is 245 g/mol. The summed E-state index contributed by atoms with van der Waals surface area (Å²) in [4.78, 5) is 4.07. The Bertz CT molecular complexity index is 123. The fourth-order valence-electron chi connectivity index (χ4n) is 0.689. The van der Waals surface area contributed by atoms with Gasteiger partial charge in [0.15, 0.2) is 0 Å². The number of hydrogen-bond acceptors (Lipinski definition) is 2. The number of nitrogens with zero attached hydrogens (tertiary/aromatic N) is 1. The van der Waals surface area contributed by atoms with Crippen molar-refractivity contribution >= 4 is 27.6 Å². The number of hydrogen-bond donors (Lipinski definition) is 0. The second-order valence-electron chi connectivity index (χ2n) is 2.69. The van der Waals surface area contributed by atoms with Gasteiger partial charge in [0.1, 0.15) is 0 Å². The fourth-order valence-corrected chi connectivity index (χ4v) is 3.58. The van der Waals surface area contributed by atoms with E-state index in [0.717, 1.165) is 5.71 Å². The molecule has 0 aromatic carbocycles. The molecule has 2 nitrogen and oxygen atoms in total. The zero-order valence-corrected chi connectivity index (χ0v) is 10.8. The molecular weight excluding hydrogens is 229 g/mol. The summed E-state index contributed by atoms with van der Waals surface area (Å²) in [6.07, 6.45) is 0.251. The average Bonchev–Trinajstić information content (AvgIpc) is 1.85. The maximum atomic E-state index is 5.68. The standard InChI is InChI=1S/C5H10NO.2CH3.In/c1-4(6-3)5(2)7;;;/h5H,1-3H3;2*1H3;/q-1;;;+1. The van der Waals surface area contributed by atoms with E-state index >= 15 is 0 Å². The second-order valence-corrected chi connectivity index (χ2v) is 9.46.